The standard InChI is InChI=1S/C14H22N4O3S/c1-3-22(20,21)17(2)11-5-8-18(9-6-11)13-4-7-16-10-12(13)14(15)19/h4,7,10-11H,3,5-6,8-9H2,1-2H3,(H2,15,19). The Bertz CT molecular complexity index is 639. The van der Waals surface area contributed by atoms with E-state index >= 15 is 0 Å². The van der Waals surface area contributed by atoms with Crippen molar-refractivity contribution < 1.29 is 13.2 Å². The van der Waals surface area contributed by atoms with Gasteiger partial charge in [-0.05, 0) is 25.8 Å². The zero-order valence-corrected chi connectivity index (χ0v) is 13.7. The number of nitrogens with two attached hydrogens (primary N) is 1. The highest BCUT2D eigenvalue weighted by Crippen LogP contribution is 2.25. The number of primary amides is 1. The Morgan fingerprint density at radius 2 is 2.09 bits per heavy atom. The van der Waals surface area contributed by atoms with Crippen LogP contribution in [-0.4, -0.2) is 55.5 Å². The van der Waals surface area contributed by atoms with E-state index in [9.17, 15) is 13.2 Å². The lowest BCUT2D eigenvalue weighted by atomic mass is 10.0. The number of carbonyl (C=O) groups excluding carboxylic acids is 1. The molecule has 22 heavy (non-hydrogen) atoms. The first-order valence-electron chi connectivity index (χ1n) is 7.31. The van der Waals surface area contributed by atoms with Crippen molar-refractivity contribution >= 4 is 21.6 Å². The van der Waals surface area contributed by atoms with Crippen LogP contribution in [0.5, 0.6) is 0 Å². The topological polar surface area (TPSA) is 96.6 Å². The number of rotatable bonds is 5. The number of pyridine rings is 1. The van der Waals surface area contributed by atoms with Gasteiger partial charge in [-0.1, -0.05) is 0 Å². The van der Waals surface area contributed by atoms with E-state index in [1.165, 1.54) is 10.5 Å². The molecule has 2 rings (SSSR count). The average Bonchev–Trinajstić information content (AvgIpc) is 2.54. The number of aromatic nitrogens is 1. The molecule has 0 spiro atoms. The first-order chi connectivity index (χ1) is 10.4. The molecule has 8 heteroatoms. The van der Waals surface area contributed by atoms with E-state index in [1.54, 1.807) is 26.2 Å². The smallest absolute Gasteiger partial charge is 0.252 e. The van der Waals surface area contributed by atoms with Gasteiger partial charge in [-0.2, -0.15) is 0 Å². The first-order valence-corrected chi connectivity index (χ1v) is 8.92. The van der Waals surface area contributed by atoms with Gasteiger partial charge in [-0.25, -0.2) is 12.7 Å². The molecule has 0 aromatic carbocycles. The van der Waals surface area contributed by atoms with Gasteiger partial charge in [0.1, 0.15) is 0 Å². The fourth-order valence-corrected chi connectivity index (χ4v) is 3.83. The van der Waals surface area contributed by atoms with Crippen LogP contribution in [0, 0.1) is 0 Å². The summed E-state index contributed by atoms with van der Waals surface area (Å²) in [5, 5.41) is 0. The van der Waals surface area contributed by atoms with Crippen molar-refractivity contribution in [2.45, 2.75) is 25.8 Å². The normalized spacial score (nSPS) is 17.0. The molecule has 0 bridgehead atoms. The van der Waals surface area contributed by atoms with Gasteiger partial charge in [0.15, 0.2) is 0 Å². The minimum absolute atomic E-state index is 0.0000605. The van der Waals surface area contributed by atoms with Crippen molar-refractivity contribution in [3.63, 3.8) is 0 Å². The maximum atomic E-state index is 11.9. The van der Waals surface area contributed by atoms with E-state index in [2.05, 4.69) is 9.88 Å². The van der Waals surface area contributed by atoms with Gasteiger partial charge < -0.3 is 10.6 Å². The summed E-state index contributed by atoms with van der Waals surface area (Å²) in [6.45, 7) is 3.01. The summed E-state index contributed by atoms with van der Waals surface area (Å²) in [6.07, 6.45) is 4.53. The van der Waals surface area contributed by atoms with Crippen LogP contribution in [0.3, 0.4) is 0 Å². The first kappa shape index (κ1) is 16.7. The lowest BCUT2D eigenvalue weighted by Gasteiger charge is -2.37. The van der Waals surface area contributed by atoms with Crippen LogP contribution in [-0.2, 0) is 10.0 Å². The highest BCUT2D eigenvalue weighted by molar-refractivity contribution is 7.89. The van der Waals surface area contributed by atoms with E-state index in [4.69, 9.17) is 5.73 Å². The van der Waals surface area contributed by atoms with Crippen LogP contribution in [0.2, 0.25) is 0 Å². The van der Waals surface area contributed by atoms with Crippen LogP contribution in [0.15, 0.2) is 18.5 Å². The van der Waals surface area contributed by atoms with Crippen molar-refractivity contribution in [1.82, 2.24) is 9.29 Å². The van der Waals surface area contributed by atoms with Crippen molar-refractivity contribution in [3.8, 4) is 0 Å². The minimum Gasteiger partial charge on any atom is -0.371 e. The maximum Gasteiger partial charge on any atom is 0.252 e. The Kier molecular flexibility index (Phi) is 5.02. The summed E-state index contributed by atoms with van der Waals surface area (Å²) >= 11 is 0. The van der Waals surface area contributed by atoms with Gasteiger partial charge in [0, 0.05) is 38.6 Å². The summed E-state index contributed by atoms with van der Waals surface area (Å²) in [5.41, 5.74) is 6.54. The molecule has 0 aliphatic carbocycles. The fraction of sp³-hybridized carbons (Fsp3) is 0.571. The second-order valence-corrected chi connectivity index (χ2v) is 7.71. The predicted molar refractivity (Wildman–Crippen MR) is 85.2 cm³/mol. The summed E-state index contributed by atoms with van der Waals surface area (Å²) < 4.78 is 25.4. The van der Waals surface area contributed by atoms with Crippen LogP contribution in [0.1, 0.15) is 30.1 Å². The molecular formula is C14H22N4O3S. The molecule has 7 nitrogen and oxygen atoms in total. The number of piperidine rings is 1. The molecule has 1 aliphatic heterocycles. The maximum absolute atomic E-state index is 11.9. The number of hydrogen-bond donors (Lipinski definition) is 1. The number of amides is 1. The van der Waals surface area contributed by atoms with E-state index < -0.39 is 15.9 Å². The zero-order valence-electron chi connectivity index (χ0n) is 12.9. The van der Waals surface area contributed by atoms with Gasteiger partial charge in [0.2, 0.25) is 10.0 Å². The van der Waals surface area contributed by atoms with Crippen LogP contribution < -0.4 is 10.6 Å². The summed E-state index contributed by atoms with van der Waals surface area (Å²) in [7, 11) is -1.53. The molecule has 2 N–H and O–H groups in total. The molecule has 1 fully saturated rings. The van der Waals surface area contributed by atoms with Gasteiger partial charge in [-0.15, -0.1) is 0 Å². The molecule has 1 aromatic heterocycles. The lowest BCUT2D eigenvalue weighted by molar-refractivity contribution is 0.100. The molecule has 0 unspecified atom stereocenters. The third-order valence-corrected chi connectivity index (χ3v) is 6.09. The molecule has 122 valence electrons. The SMILES string of the molecule is CCS(=O)(=O)N(C)C1CCN(c2ccncc2C(N)=O)CC1. The largest absolute Gasteiger partial charge is 0.371 e. The molecule has 0 saturated carbocycles. The molecule has 2 heterocycles. The van der Waals surface area contributed by atoms with Crippen molar-refractivity contribution in [3.05, 3.63) is 24.0 Å². The molecule has 1 aliphatic rings. The third-order valence-electron chi connectivity index (χ3n) is 4.19. The highest BCUT2D eigenvalue weighted by Gasteiger charge is 2.29. The van der Waals surface area contributed by atoms with E-state index in [-0.39, 0.29) is 11.8 Å². The number of anilines is 1. The second kappa shape index (κ2) is 6.62. The number of hydrogen-bond acceptors (Lipinski definition) is 5. The molecule has 1 aromatic rings. The van der Waals surface area contributed by atoms with Crippen LogP contribution in [0.4, 0.5) is 5.69 Å². The number of sulfonamides is 1. The highest BCUT2D eigenvalue weighted by atomic mass is 32.2. The predicted octanol–water partition coefficient (Wildman–Crippen LogP) is 0.431. The molecule has 0 atom stereocenters. The zero-order chi connectivity index (χ0) is 16.3. The van der Waals surface area contributed by atoms with Gasteiger partial charge >= 0.3 is 0 Å². The van der Waals surface area contributed by atoms with Crippen LogP contribution >= 0.6 is 0 Å². The Morgan fingerprint density at radius 3 is 2.64 bits per heavy atom. The van der Waals surface area contributed by atoms with Crippen molar-refractivity contribution in [2.24, 2.45) is 5.73 Å². The Balaban J connectivity index is 2.09. The molecular weight excluding hydrogens is 304 g/mol. The van der Waals surface area contributed by atoms with E-state index in [0.29, 0.717) is 18.7 Å². The second-order valence-electron chi connectivity index (χ2n) is 5.39. The monoisotopic (exact) mass is 326 g/mol. The molecule has 1 amide bonds. The van der Waals surface area contributed by atoms with Crippen molar-refractivity contribution in [1.29, 1.82) is 0 Å². The van der Waals surface area contributed by atoms with Gasteiger partial charge in [0.25, 0.3) is 5.91 Å². The Hall–Kier alpha value is -1.67. The fourth-order valence-electron chi connectivity index (χ4n) is 2.75. The summed E-state index contributed by atoms with van der Waals surface area (Å²) in [6, 6.07) is 1.77. The van der Waals surface area contributed by atoms with Crippen LogP contribution in [0.25, 0.3) is 0 Å². The Labute approximate surface area is 131 Å². The lowest BCUT2D eigenvalue weighted by Crippen LogP contribution is -2.46. The van der Waals surface area contributed by atoms with E-state index in [1.807, 2.05) is 0 Å². The summed E-state index contributed by atoms with van der Waals surface area (Å²) in [5.74, 6) is -0.393. The van der Waals surface area contributed by atoms with Crippen molar-refractivity contribution in [2.75, 3.05) is 30.8 Å². The Morgan fingerprint density at radius 1 is 1.45 bits per heavy atom. The molecule has 0 radical (unpaired) electrons. The number of nitrogens with zero attached hydrogens (tertiary/aromatic N) is 3. The quantitative estimate of drug-likeness (QED) is 0.846. The van der Waals surface area contributed by atoms with Gasteiger partial charge in [0.05, 0.1) is 17.0 Å². The minimum atomic E-state index is -3.17. The molecule has 1 saturated heterocycles. The summed E-state index contributed by atoms with van der Waals surface area (Å²) in [4.78, 5) is 17.5. The average molecular weight is 326 g/mol. The third kappa shape index (κ3) is 3.38. The van der Waals surface area contributed by atoms with E-state index in [0.717, 1.165) is 18.5 Å². The van der Waals surface area contributed by atoms with Gasteiger partial charge in [-0.3, -0.25) is 9.78 Å². The number of carbonyl (C=O) groups is 1.